The number of thioether (sulfide) groups is 1. The van der Waals surface area contributed by atoms with E-state index in [2.05, 4.69) is 30.5 Å². The van der Waals surface area contributed by atoms with Crippen molar-refractivity contribution in [2.24, 2.45) is 0 Å². The summed E-state index contributed by atoms with van der Waals surface area (Å²) in [4.78, 5) is 12.7. The zero-order chi connectivity index (χ0) is 21.1. The number of nitrogens with two attached hydrogens (primary N) is 2. The Labute approximate surface area is 175 Å². The summed E-state index contributed by atoms with van der Waals surface area (Å²) in [6.45, 7) is 1.98. The molecule has 0 atom stereocenters. The molecule has 0 amide bonds. The summed E-state index contributed by atoms with van der Waals surface area (Å²) in [7, 11) is 0. The first-order valence-electron chi connectivity index (χ1n) is 8.92. The molecule has 0 saturated carbocycles. The summed E-state index contributed by atoms with van der Waals surface area (Å²) in [5.41, 5.74) is 8.03. The van der Waals surface area contributed by atoms with Crippen LogP contribution in [0.2, 0.25) is 0 Å². The van der Waals surface area contributed by atoms with Crippen LogP contribution in [0.1, 0.15) is 11.4 Å². The molecule has 2 aromatic carbocycles. The van der Waals surface area contributed by atoms with Crippen molar-refractivity contribution in [3.63, 3.8) is 0 Å². The zero-order valence-electron chi connectivity index (χ0n) is 16.0. The molecule has 0 aliphatic rings. The van der Waals surface area contributed by atoms with Gasteiger partial charge in [0.1, 0.15) is 11.6 Å². The summed E-state index contributed by atoms with van der Waals surface area (Å²) in [5.74, 6) is 7.07. The molecule has 2 heterocycles. The summed E-state index contributed by atoms with van der Waals surface area (Å²) in [6.07, 6.45) is 0. The van der Waals surface area contributed by atoms with Crippen LogP contribution in [0.5, 0.6) is 0 Å². The zero-order valence-corrected chi connectivity index (χ0v) is 16.8. The van der Waals surface area contributed by atoms with Crippen molar-refractivity contribution in [3.8, 4) is 11.4 Å². The number of halogens is 1. The van der Waals surface area contributed by atoms with E-state index in [0.29, 0.717) is 22.7 Å². The van der Waals surface area contributed by atoms with Crippen molar-refractivity contribution in [2.45, 2.75) is 17.8 Å². The number of para-hydroxylation sites is 1. The van der Waals surface area contributed by atoms with Crippen LogP contribution in [0, 0.1) is 12.7 Å². The van der Waals surface area contributed by atoms with Gasteiger partial charge in [-0.1, -0.05) is 42.1 Å². The monoisotopic (exact) mass is 423 g/mol. The highest BCUT2D eigenvalue weighted by atomic mass is 32.2. The quantitative estimate of drug-likeness (QED) is 0.316. The van der Waals surface area contributed by atoms with E-state index in [1.807, 2.05) is 31.2 Å². The maximum atomic E-state index is 14.0. The third kappa shape index (κ3) is 4.15. The van der Waals surface area contributed by atoms with Gasteiger partial charge in [0.2, 0.25) is 17.1 Å². The molecule has 2 aromatic heterocycles. The lowest BCUT2D eigenvalue weighted by Crippen LogP contribution is -2.12. The summed E-state index contributed by atoms with van der Waals surface area (Å²) >= 11 is 1.25. The minimum absolute atomic E-state index is 0.0953. The van der Waals surface area contributed by atoms with Gasteiger partial charge in [-0.15, -0.1) is 10.2 Å². The molecule has 0 saturated heterocycles. The van der Waals surface area contributed by atoms with E-state index in [4.69, 9.17) is 11.6 Å². The second kappa shape index (κ2) is 8.33. The largest absolute Gasteiger partial charge is 0.368 e. The molecule has 152 valence electrons. The van der Waals surface area contributed by atoms with E-state index in [0.717, 1.165) is 11.3 Å². The third-order valence-corrected chi connectivity index (χ3v) is 5.14. The second-order valence-electron chi connectivity index (χ2n) is 6.32. The number of nitrogens with zero attached hydrogens (tertiary/aromatic N) is 6. The Balaban J connectivity index is 1.51. The predicted octanol–water partition coefficient (Wildman–Crippen LogP) is 2.91. The highest BCUT2D eigenvalue weighted by molar-refractivity contribution is 7.98. The molecule has 4 rings (SSSR count). The van der Waals surface area contributed by atoms with Crippen LogP contribution >= 0.6 is 11.8 Å². The van der Waals surface area contributed by atoms with Crippen LogP contribution in [-0.2, 0) is 5.75 Å². The Morgan fingerprint density at radius 2 is 1.80 bits per heavy atom. The van der Waals surface area contributed by atoms with Gasteiger partial charge >= 0.3 is 0 Å². The van der Waals surface area contributed by atoms with Gasteiger partial charge in [-0.2, -0.15) is 15.0 Å². The van der Waals surface area contributed by atoms with Gasteiger partial charge in [0.15, 0.2) is 5.82 Å². The summed E-state index contributed by atoms with van der Waals surface area (Å²) < 4.78 is 15.3. The van der Waals surface area contributed by atoms with Crippen molar-refractivity contribution in [3.05, 3.63) is 65.7 Å². The average molecular weight is 423 g/mol. The Morgan fingerprint density at radius 1 is 1.03 bits per heavy atom. The SMILES string of the molecule is Cc1ccccc1Nc1nc(N)nc(CSc2nnc(-c3ccccc3F)n2N)n1. The molecule has 30 heavy (non-hydrogen) atoms. The molecule has 0 aliphatic heterocycles. The Hall–Kier alpha value is -3.73. The van der Waals surface area contributed by atoms with Crippen molar-refractivity contribution in [1.29, 1.82) is 0 Å². The van der Waals surface area contributed by atoms with Crippen LogP contribution in [0.4, 0.5) is 22.0 Å². The van der Waals surface area contributed by atoms with E-state index in [9.17, 15) is 4.39 Å². The minimum Gasteiger partial charge on any atom is -0.368 e. The lowest BCUT2D eigenvalue weighted by atomic mass is 10.2. The molecule has 11 heteroatoms. The number of aryl methyl sites for hydroxylation is 1. The number of hydrogen-bond acceptors (Lipinski definition) is 9. The van der Waals surface area contributed by atoms with E-state index in [1.54, 1.807) is 18.2 Å². The van der Waals surface area contributed by atoms with Crippen LogP contribution in [0.3, 0.4) is 0 Å². The minimum atomic E-state index is -0.426. The molecule has 0 spiro atoms. The van der Waals surface area contributed by atoms with Gasteiger partial charge in [0.25, 0.3) is 0 Å². The average Bonchev–Trinajstić information content (AvgIpc) is 3.08. The number of aromatic nitrogens is 6. The molecule has 5 N–H and O–H groups in total. The maximum absolute atomic E-state index is 14.0. The summed E-state index contributed by atoms with van der Waals surface area (Å²) in [5, 5.41) is 11.6. The number of anilines is 3. The third-order valence-electron chi connectivity index (χ3n) is 4.20. The molecule has 0 fully saturated rings. The Bertz CT molecular complexity index is 1190. The Morgan fingerprint density at radius 3 is 2.60 bits per heavy atom. The van der Waals surface area contributed by atoms with E-state index in [-0.39, 0.29) is 17.3 Å². The molecular weight excluding hydrogens is 405 g/mol. The van der Waals surface area contributed by atoms with Crippen molar-refractivity contribution in [1.82, 2.24) is 29.8 Å². The fraction of sp³-hybridized carbons (Fsp3) is 0.105. The van der Waals surface area contributed by atoms with Gasteiger partial charge in [-0.25, -0.2) is 9.07 Å². The van der Waals surface area contributed by atoms with Crippen LogP contribution in [0.15, 0.2) is 53.7 Å². The number of nitrogens with one attached hydrogen (secondary N) is 1. The first kappa shape index (κ1) is 19.6. The Kier molecular flexibility index (Phi) is 5.44. The van der Waals surface area contributed by atoms with Crippen LogP contribution < -0.4 is 16.9 Å². The standard InChI is InChI=1S/C19H18FN9S/c1-11-6-2-5-9-14(11)23-18-25-15(24-17(21)26-18)10-30-19-28-27-16(29(19)22)12-7-3-4-8-13(12)20/h2-9H,10,22H2,1H3,(H3,21,23,24,25,26). The molecule has 0 radical (unpaired) electrons. The predicted molar refractivity (Wildman–Crippen MR) is 114 cm³/mol. The summed E-state index contributed by atoms with van der Waals surface area (Å²) in [6, 6.07) is 14.0. The number of benzene rings is 2. The van der Waals surface area contributed by atoms with Crippen molar-refractivity contribution in [2.75, 3.05) is 16.9 Å². The van der Waals surface area contributed by atoms with E-state index in [1.165, 1.54) is 22.5 Å². The second-order valence-corrected chi connectivity index (χ2v) is 7.26. The van der Waals surface area contributed by atoms with Gasteiger partial charge < -0.3 is 16.9 Å². The topological polar surface area (TPSA) is 133 Å². The normalized spacial score (nSPS) is 10.9. The highest BCUT2D eigenvalue weighted by Gasteiger charge is 2.16. The van der Waals surface area contributed by atoms with Gasteiger partial charge in [-0.3, -0.25) is 0 Å². The molecule has 0 aliphatic carbocycles. The molecule has 0 unspecified atom stereocenters. The highest BCUT2D eigenvalue weighted by Crippen LogP contribution is 2.25. The molecular formula is C19H18FN9S. The fourth-order valence-corrected chi connectivity index (χ4v) is 3.43. The van der Waals surface area contributed by atoms with Crippen LogP contribution in [0.25, 0.3) is 11.4 Å². The smallest absolute Gasteiger partial charge is 0.232 e. The van der Waals surface area contributed by atoms with E-state index < -0.39 is 5.82 Å². The number of rotatable bonds is 6. The van der Waals surface area contributed by atoms with Crippen molar-refractivity contribution >= 4 is 29.3 Å². The first-order chi connectivity index (χ1) is 14.5. The molecule has 9 nitrogen and oxygen atoms in total. The lowest BCUT2D eigenvalue weighted by molar-refractivity contribution is 0.629. The van der Waals surface area contributed by atoms with Gasteiger partial charge in [0.05, 0.1) is 11.3 Å². The number of nitrogen functional groups attached to an aromatic ring is 2. The molecule has 4 aromatic rings. The van der Waals surface area contributed by atoms with E-state index >= 15 is 0 Å². The van der Waals surface area contributed by atoms with Gasteiger partial charge in [-0.05, 0) is 30.7 Å². The number of hydrogen-bond donors (Lipinski definition) is 3. The lowest BCUT2D eigenvalue weighted by Gasteiger charge is -2.09. The van der Waals surface area contributed by atoms with Crippen LogP contribution in [-0.4, -0.2) is 29.8 Å². The maximum Gasteiger partial charge on any atom is 0.232 e. The molecule has 0 bridgehead atoms. The fourth-order valence-electron chi connectivity index (χ4n) is 2.72. The van der Waals surface area contributed by atoms with Crippen molar-refractivity contribution < 1.29 is 4.39 Å². The first-order valence-corrected chi connectivity index (χ1v) is 9.91. The van der Waals surface area contributed by atoms with Gasteiger partial charge in [0, 0.05) is 5.69 Å².